The number of benzene rings is 1. The quantitative estimate of drug-likeness (QED) is 0.873. The number of aliphatic hydroxyl groups is 1. The van der Waals surface area contributed by atoms with Crippen LogP contribution in [0.25, 0.3) is 0 Å². The van der Waals surface area contributed by atoms with Gasteiger partial charge in [0, 0.05) is 18.0 Å². The number of nitrogens with zero attached hydrogens (tertiary/aromatic N) is 1. The van der Waals surface area contributed by atoms with Crippen LogP contribution in [0.2, 0.25) is 0 Å². The van der Waals surface area contributed by atoms with Crippen molar-refractivity contribution in [3.8, 4) is 5.75 Å². The molecule has 1 unspecified atom stereocenters. The maximum absolute atomic E-state index is 10.7. The van der Waals surface area contributed by atoms with Gasteiger partial charge in [0.2, 0.25) is 0 Å². The predicted molar refractivity (Wildman–Crippen MR) is 96.2 cm³/mol. The first kappa shape index (κ1) is 15.4. The van der Waals surface area contributed by atoms with Crippen LogP contribution >= 0.6 is 0 Å². The molecule has 130 valence electrons. The number of rotatable bonds is 3. The fourth-order valence-corrected chi connectivity index (χ4v) is 6.17. The summed E-state index contributed by atoms with van der Waals surface area (Å²) in [5.74, 6) is 4.14. The van der Waals surface area contributed by atoms with E-state index < -0.39 is 6.10 Å². The fraction of sp³-hybridized carbons (Fsp3) is 0.500. The first-order valence-corrected chi connectivity index (χ1v) is 9.60. The first-order chi connectivity index (χ1) is 12.2. The van der Waals surface area contributed by atoms with Crippen LogP contribution < -0.4 is 0 Å². The Labute approximate surface area is 148 Å². The normalized spacial score (nSPS) is 34.2. The van der Waals surface area contributed by atoms with Gasteiger partial charge in [-0.15, -0.1) is 0 Å². The van der Waals surface area contributed by atoms with Crippen LogP contribution in [0.4, 0.5) is 0 Å². The lowest BCUT2D eigenvalue weighted by Crippen LogP contribution is -2.43. The van der Waals surface area contributed by atoms with Crippen LogP contribution in [-0.4, -0.2) is 15.2 Å². The maximum atomic E-state index is 10.7. The summed E-state index contributed by atoms with van der Waals surface area (Å²) in [6.07, 6.45) is 9.47. The van der Waals surface area contributed by atoms with E-state index in [1.807, 2.05) is 18.2 Å². The zero-order valence-corrected chi connectivity index (χ0v) is 14.4. The van der Waals surface area contributed by atoms with Crippen LogP contribution in [0.15, 0.2) is 42.7 Å². The van der Waals surface area contributed by atoms with E-state index in [0.29, 0.717) is 23.5 Å². The third-order valence-electron chi connectivity index (χ3n) is 6.95. The van der Waals surface area contributed by atoms with Gasteiger partial charge in [-0.3, -0.25) is 4.98 Å². The van der Waals surface area contributed by atoms with Crippen LogP contribution in [0.5, 0.6) is 5.75 Å². The second-order valence-electron chi connectivity index (χ2n) is 8.46. The van der Waals surface area contributed by atoms with Gasteiger partial charge in [-0.25, -0.2) is 0 Å². The fourth-order valence-electron chi connectivity index (χ4n) is 6.17. The summed E-state index contributed by atoms with van der Waals surface area (Å²) in [5.41, 5.74) is 2.72. The van der Waals surface area contributed by atoms with Gasteiger partial charge in [0.25, 0.3) is 0 Å². The molecular weight excluding hydrogens is 310 g/mol. The molecule has 1 atom stereocenters. The van der Waals surface area contributed by atoms with Crippen LogP contribution in [0.1, 0.15) is 60.8 Å². The van der Waals surface area contributed by atoms with Gasteiger partial charge in [0.15, 0.2) is 0 Å². The minimum Gasteiger partial charge on any atom is -0.508 e. The lowest BCUT2D eigenvalue weighted by Gasteiger charge is -2.54. The molecule has 4 bridgehead atoms. The van der Waals surface area contributed by atoms with Crippen molar-refractivity contribution in [2.75, 3.05) is 0 Å². The number of aliphatic hydroxyl groups excluding tert-OH is 1. The van der Waals surface area contributed by atoms with Gasteiger partial charge in [-0.05, 0) is 91.0 Å². The zero-order valence-electron chi connectivity index (χ0n) is 14.4. The van der Waals surface area contributed by atoms with E-state index >= 15 is 0 Å². The number of hydrogen-bond donors (Lipinski definition) is 2. The molecule has 0 aliphatic heterocycles. The predicted octanol–water partition coefficient (Wildman–Crippen LogP) is 4.41. The van der Waals surface area contributed by atoms with E-state index in [1.165, 1.54) is 32.1 Å². The SMILES string of the molecule is Oc1ccc(C(O)c2cccnc2)cc1C1C2CC3CC(C2)CC1C3. The summed E-state index contributed by atoms with van der Waals surface area (Å²) in [6, 6.07) is 9.41. The molecular formula is C22H25NO2. The Morgan fingerprint density at radius 2 is 1.64 bits per heavy atom. The van der Waals surface area contributed by atoms with Crippen molar-refractivity contribution < 1.29 is 10.2 Å². The van der Waals surface area contributed by atoms with Gasteiger partial charge in [-0.2, -0.15) is 0 Å². The van der Waals surface area contributed by atoms with Crippen molar-refractivity contribution in [1.29, 1.82) is 0 Å². The molecule has 0 saturated heterocycles. The average molecular weight is 335 g/mol. The number of phenols is 1. The van der Waals surface area contributed by atoms with E-state index in [-0.39, 0.29) is 0 Å². The van der Waals surface area contributed by atoms with Gasteiger partial charge in [-0.1, -0.05) is 12.1 Å². The van der Waals surface area contributed by atoms with Crippen molar-refractivity contribution >= 4 is 0 Å². The number of aromatic hydroxyl groups is 1. The number of phenolic OH excluding ortho intramolecular Hbond substituents is 1. The summed E-state index contributed by atoms with van der Waals surface area (Å²) in [4.78, 5) is 4.11. The smallest absolute Gasteiger partial charge is 0.119 e. The highest BCUT2D eigenvalue weighted by atomic mass is 16.3. The Hall–Kier alpha value is -1.87. The molecule has 3 heteroatoms. The van der Waals surface area contributed by atoms with Gasteiger partial charge in [0.05, 0.1) is 0 Å². The third kappa shape index (κ3) is 2.56. The van der Waals surface area contributed by atoms with E-state index in [1.54, 1.807) is 18.5 Å². The standard InChI is InChI=1S/C22H25NO2/c24-20-4-3-15(22(25)16-2-1-5-23-12-16)11-19(20)21-17-7-13-6-14(9-17)10-18(21)8-13/h1-5,11-14,17-18,21-22,24-25H,6-10H2. The molecule has 4 saturated carbocycles. The highest BCUT2D eigenvalue weighted by Gasteiger charge is 2.49. The molecule has 4 fully saturated rings. The van der Waals surface area contributed by atoms with Crippen molar-refractivity contribution in [2.45, 2.75) is 44.1 Å². The average Bonchev–Trinajstić information content (AvgIpc) is 2.62. The van der Waals surface area contributed by atoms with Crippen LogP contribution in [0, 0.1) is 23.7 Å². The molecule has 2 N–H and O–H groups in total. The number of hydrogen-bond acceptors (Lipinski definition) is 3. The van der Waals surface area contributed by atoms with Gasteiger partial charge in [0.1, 0.15) is 11.9 Å². The zero-order chi connectivity index (χ0) is 17.0. The minimum atomic E-state index is -0.690. The summed E-state index contributed by atoms with van der Waals surface area (Å²) in [5, 5.41) is 21.3. The van der Waals surface area contributed by atoms with E-state index in [0.717, 1.165) is 28.5 Å². The second kappa shape index (κ2) is 5.84. The molecule has 4 aliphatic carbocycles. The van der Waals surface area contributed by atoms with E-state index in [4.69, 9.17) is 0 Å². The topological polar surface area (TPSA) is 53.4 Å². The number of pyridine rings is 1. The van der Waals surface area contributed by atoms with Gasteiger partial charge < -0.3 is 10.2 Å². The summed E-state index contributed by atoms with van der Waals surface area (Å²) >= 11 is 0. The Bertz CT molecular complexity index is 745. The highest BCUT2D eigenvalue weighted by Crippen LogP contribution is 2.60. The van der Waals surface area contributed by atoms with E-state index in [2.05, 4.69) is 11.1 Å². The summed E-state index contributed by atoms with van der Waals surface area (Å²) in [6.45, 7) is 0. The Balaban J connectivity index is 1.50. The van der Waals surface area contributed by atoms with Gasteiger partial charge >= 0.3 is 0 Å². The summed E-state index contributed by atoms with van der Waals surface area (Å²) < 4.78 is 0. The summed E-state index contributed by atoms with van der Waals surface area (Å²) in [7, 11) is 0. The number of aromatic nitrogens is 1. The molecule has 6 rings (SSSR count). The Kier molecular flexibility index (Phi) is 3.60. The maximum Gasteiger partial charge on any atom is 0.119 e. The molecule has 2 aromatic rings. The molecule has 0 spiro atoms. The first-order valence-electron chi connectivity index (χ1n) is 9.60. The molecule has 3 nitrogen and oxygen atoms in total. The third-order valence-corrected chi connectivity index (χ3v) is 6.95. The molecule has 1 aromatic heterocycles. The lowest BCUT2D eigenvalue weighted by molar-refractivity contribution is -0.00353. The second-order valence-corrected chi connectivity index (χ2v) is 8.46. The van der Waals surface area contributed by atoms with Crippen molar-refractivity contribution in [2.24, 2.45) is 23.7 Å². The lowest BCUT2D eigenvalue weighted by atomic mass is 9.50. The molecule has 25 heavy (non-hydrogen) atoms. The van der Waals surface area contributed by atoms with Crippen molar-refractivity contribution in [3.05, 3.63) is 59.4 Å². The van der Waals surface area contributed by atoms with Crippen molar-refractivity contribution in [1.82, 2.24) is 4.98 Å². The van der Waals surface area contributed by atoms with E-state index in [9.17, 15) is 10.2 Å². The van der Waals surface area contributed by atoms with Crippen LogP contribution in [-0.2, 0) is 0 Å². The molecule has 0 radical (unpaired) electrons. The van der Waals surface area contributed by atoms with Crippen molar-refractivity contribution in [3.63, 3.8) is 0 Å². The van der Waals surface area contributed by atoms with Crippen LogP contribution in [0.3, 0.4) is 0 Å². The highest BCUT2D eigenvalue weighted by molar-refractivity contribution is 5.43. The Morgan fingerprint density at radius 1 is 0.920 bits per heavy atom. The molecule has 0 amide bonds. The Morgan fingerprint density at radius 3 is 2.28 bits per heavy atom. The molecule has 1 heterocycles. The molecule has 4 aliphatic rings. The molecule has 1 aromatic carbocycles. The monoisotopic (exact) mass is 335 g/mol. The minimum absolute atomic E-state index is 0.402. The largest absolute Gasteiger partial charge is 0.508 e.